The number of hydrogen-bond donors (Lipinski definition) is 1. The van der Waals surface area contributed by atoms with Gasteiger partial charge < -0.3 is 10.1 Å². The van der Waals surface area contributed by atoms with Crippen molar-refractivity contribution in [3.05, 3.63) is 35.5 Å². The van der Waals surface area contributed by atoms with Crippen molar-refractivity contribution >= 4 is 5.65 Å². The Morgan fingerprint density at radius 1 is 1.50 bits per heavy atom. The van der Waals surface area contributed by atoms with Gasteiger partial charge in [-0.15, -0.1) is 0 Å². The summed E-state index contributed by atoms with van der Waals surface area (Å²) in [5.41, 5.74) is 8.16. The van der Waals surface area contributed by atoms with E-state index < -0.39 is 0 Å². The number of aromatic nitrogens is 2. The predicted molar refractivity (Wildman–Crippen MR) is 52.6 cm³/mol. The number of fused-ring (bicyclic) bond motifs is 1. The molecule has 2 N–H and O–H groups in total. The van der Waals surface area contributed by atoms with E-state index in [0.29, 0.717) is 6.54 Å². The quantitative estimate of drug-likeness (QED) is 0.780. The van der Waals surface area contributed by atoms with E-state index in [4.69, 9.17) is 5.73 Å². The SMILES string of the molecule is Cc1nc2ccc(F)cn2c1CCN. The average molecular weight is 193 g/mol. The number of nitrogens with two attached hydrogens (primary N) is 1. The maximum atomic E-state index is 13.0. The van der Waals surface area contributed by atoms with Gasteiger partial charge in [0.05, 0.1) is 5.69 Å². The first kappa shape index (κ1) is 9.15. The number of imidazole rings is 1. The molecule has 0 unspecified atom stereocenters. The van der Waals surface area contributed by atoms with Crippen molar-refractivity contribution in [3.8, 4) is 0 Å². The lowest BCUT2D eigenvalue weighted by atomic mass is 10.2. The lowest BCUT2D eigenvalue weighted by Gasteiger charge is -2.00. The lowest BCUT2D eigenvalue weighted by Crippen LogP contribution is -2.06. The summed E-state index contributed by atoms with van der Waals surface area (Å²) in [5, 5.41) is 0. The molecule has 0 fully saturated rings. The number of hydrogen-bond acceptors (Lipinski definition) is 2. The smallest absolute Gasteiger partial charge is 0.139 e. The summed E-state index contributed by atoms with van der Waals surface area (Å²) in [6.45, 7) is 2.46. The van der Waals surface area contributed by atoms with Gasteiger partial charge in [-0.05, 0) is 25.6 Å². The summed E-state index contributed by atoms with van der Waals surface area (Å²) in [4.78, 5) is 4.31. The van der Waals surface area contributed by atoms with Crippen molar-refractivity contribution in [2.45, 2.75) is 13.3 Å². The zero-order valence-electron chi connectivity index (χ0n) is 8.00. The molecule has 0 aromatic carbocycles. The molecule has 0 atom stereocenters. The largest absolute Gasteiger partial charge is 0.330 e. The summed E-state index contributed by atoms with van der Waals surface area (Å²) in [7, 11) is 0. The van der Waals surface area contributed by atoms with Crippen molar-refractivity contribution < 1.29 is 4.39 Å². The van der Waals surface area contributed by atoms with Crippen LogP contribution in [0.4, 0.5) is 4.39 Å². The van der Waals surface area contributed by atoms with Crippen LogP contribution in [0.3, 0.4) is 0 Å². The molecular formula is C10H12FN3. The molecule has 0 saturated heterocycles. The summed E-state index contributed by atoms with van der Waals surface area (Å²) < 4.78 is 14.7. The topological polar surface area (TPSA) is 43.3 Å². The minimum absolute atomic E-state index is 0.256. The maximum absolute atomic E-state index is 13.0. The van der Waals surface area contributed by atoms with Gasteiger partial charge in [0.25, 0.3) is 0 Å². The second-order valence-electron chi connectivity index (χ2n) is 3.26. The number of halogens is 1. The summed E-state index contributed by atoms with van der Waals surface area (Å²) in [6, 6.07) is 3.08. The van der Waals surface area contributed by atoms with E-state index in [2.05, 4.69) is 4.98 Å². The normalized spacial score (nSPS) is 11.1. The van der Waals surface area contributed by atoms with Crippen LogP contribution in [0.15, 0.2) is 18.3 Å². The third kappa shape index (κ3) is 1.37. The van der Waals surface area contributed by atoms with Gasteiger partial charge in [0, 0.05) is 18.3 Å². The summed E-state index contributed by atoms with van der Waals surface area (Å²) in [6.07, 6.45) is 2.16. The van der Waals surface area contributed by atoms with Crippen molar-refractivity contribution in [1.29, 1.82) is 0 Å². The van der Waals surface area contributed by atoms with Crippen LogP contribution in [-0.2, 0) is 6.42 Å². The maximum Gasteiger partial charge on any atom is 0.139 e. The highest BCUT2D eigenvalue weighted by atomic mass is 19.1. The highest BCUT2D eigenvalue weighted by molar-refractivity contribution is 5.43. The first-order valence-corrected chi connectivity index (χ1v) is 4.55. The third-order valence-corrected chi connectivity index (χ3v) is 2.26. The van der Waals surface area contributed by atoms with E-state index in [1.807, 2.05) is 6.92 Å². The van der Waals surface area contributed by atoms with Gasteiger partial charge in [0.2, 0.25) is 0 Å². The first-order chi connectivity index (χ1) is 6.72. The molecule has 2 heterocycles. The summed E-state index contributed by atoms with van der Waals surface area (Å²) >= 11 is 0. The molecule has 2 aromatic rings. The van der Waals surface area contributed by atoms with Gasteiger partial charge in [0.15, 0.2) is 0 Å². The predicted octanol–water partition coefficient (Wildman–Crippen LogP) is 1.28. The Morgan fingerprint density at radius 2 is 2.29 bits per heavy atom. The molecule has 14 heavy (non-hydrogen) atoms. The first-order valence-electron chi connectivity index (χ1n) is 4.55. The van der Waals surface area contributed by atoms with E-state index in [9.17, 15) is 4.39 Å². The number of aryl methyl sites for hydroxylation is 1. The van der Waals surface area contributed by atoms with Gasteiger partial charge in [-0.1, -0.05) is 0 Å². The zero-order valence-corrected chi connectivity index (χ0v) is 8.00. The molecule has 2 aromatic heterocycles. The van der Waals surface area contributed by atoms with Gasteiger partial charge in [-0.25, -0.2) is 9.37 Å². The zero-order chi connectivity index (χ0) is 10.1. The van der Waals surface area contributed by atoms with Crippen molar-refractivity contribution in [2.24, 2.45) is 5.73 Å². The second-order valence-corrected chi connectivity index (χ2v) is 3.26. The summed E-state index contributed by atoms with van der Waals surface area (Å²) in [5.74, 6) is -0.256. The van der Waals surface area contributed by atoms with Crippen LogP contribution in [0.5, 0.6) is 0 Å². The minimum atomic E-state index is -0.256. The third-order valence-electron chi connectivity index (χ3n) is 2.26. The van der Waals surface area contributed by atoms with Crippen LogP contribution in [0, 0.1) is 12.7 Å². The van der Waals surface area contributed by atoms with Gasteiger partial charge in [0.1, 0.15) is 11.5 Å². The molecule has 74 valence electrons. The van der Waals surface area contributed by atoms with E-state index in [1.54, 1.807) is 10.5 Å². The molecule has 0 amide bonds. The Kier molecular flexibility index (Phi) is 2.21. The molecule has 0 aliphatic heterocycles. The molecule has 2 rings (SSSR count). The van der Waals surface area contributed by atoms with Crippen LogP contribution >= 0.6 is 0 Å². The highest BCUT2D eigenvalue weighted by Gasteiger charge is 2.07. The minimum Gasteiger partial charge on any atom is -0.330 e. The van der Waals surface area contributed by atoms with Crippen LogP contribution in [0.25, 0.3) is 5.65 Å². The molecule has 0 radical (unpaired) electrons. The standard InChI is InChI=1S/C10H12FN3/c1-7-9(4-5-12)14-6-8(11)2-3-10(14)13-7/h2-3,6H,4-5,12H2,1H3. The second kappa shape index (κ2) is 3.38. The average Bonchev–Trinajstić information content (AvgIpc) is 2.45. The molecule has 0 aliphatic rings. The van der Waals surface area contributed by atoms with Gasteiger partial charge >= 0.3 is 0 Å². The molecule has 4 heteroatoms. The van der Waals surface area contributed by atoms with Crippen LogP contribution in [0.2, 0.25) is 0 Å². The van der Waals surface area contributed by atoms with E-state index in [0.717, 1.165) is 23.5 Å². The fourth-order valence-electron chi connectivity index (χ4n) is 1.62. The van der Waals surface area contributed by atoms with Crippen molar-refractivity contribution in [2.75, 3.05) is 6.54 Å². The Bertz CT molecular complexity index is 462. The Labute approximate surface area is 81.4 Å². The van der Waals surface area contributed by atoms with E-state index in [-0.39, 0.29) is 5.82 Å². The molecule has 0 spiro atoms. The Balaban J connectivity index is 2.66. The monoisotopic (exact) mass is 193 g/mol. The number of pyridine rings is 1. The fourth-order valence-corrected chi connectivity index (χ4v) is 1.62. The highest BCUT2D eigenvalue weighted by Crippen LogP contribution is 2.13. The van der Waals surface area contributed by atoms with E-state index in [1.165, 1.54) is 12.3 Å². The Hall–Kier alpha value is -1.42. The van der Waals surface area contributed by atoms with Gasteiger partial charge in [-0.2, -0.15) is 0 Å². The van der Waals surface area contributed by atoms with Gasteiger partial charge in [-0.3, -0.25) is 0 Å². The molecule has 3 nitrogen and oxygen atoms in total. The Morgan fingerprint density at radius 3 is 3.00 bits per heavy atom. The van der Waals surface area contributed by atoms with Crippen molar-refractivity contribution in [3.63, 3.8) is 0 Å². The van der Waals surface area contributed by atoms with Crippen LogP contribution in [-0.4, -0.2) is 15.9 Å². The number of rotatable bonds is 2. The lowest BCUT2D eigenvalue weighted by molar-refractivity contribution is 0.617. The molecular weight excluding hydrogens is 181 g/mol. The molecule has 0 aliphatic carbocycles. The molecule has 0 saturated carbocycles. The number of nitrogens with zero attached hydrogens (tertiary/aromatic N) is 2. The van der Waals surface area contributed by atoms with Crippen molar-refractivity contribution in [1.82, 2.24) is 9.38 Å². The fraction of sp³-hybridized carbons (Fsp3) is 0.300. The van der Waals surface area contributed by atoms with Crippen LogP contribution in [0.1, 0.15) is 11.4 Å². The van der Waals surface area contributed by atoms with E-state index >= 15 is 0 Å². The van der Waals surface area contributed by atoms with Crippen LogP contribution < -0.4 is 5.73 Å². The molecule has 0 bridgehead atoms.